The Bertz CT molecular complexity index is 481. The molecule has 4 heteroatoms. The summed E-state index contributed by atoms with van der Waals surface area (Å²) >= 11 is 5.54. The molecule has 16 heavy (non-hydrogen) atoms. The van der Waals surface area contributed by atoms with E-state index in [1.165, 1.54) is 10.9 Å². The molecule has 0 saturated carbocycles. The van der Waals surface area contributed by atoms with E-state index in [1.54, 1.807) is 0 Å². The van der Waals surface area contributed by atoms with Crippen LogP contribution >= 0.6 is 11.6 Å². The Morgan fingerprint density at radius 3 is 3.06 bits per heavy atom. The number of benzene rings is 1. The second-order valence-electron chi connectivity index (χ2n) is 3.89. The van der Waals surface area contributed by atoms with Crippen LogP contribution in [-0.4, -0.2) is 28.6 Å². The lowest BCUT2D eigenvalue weighted by molar-refractivity contribution is 0.211. The minimum atomic E-state index is -0.520. The van der Waals surface area contributed by atoms with Crippen LogP contribution in [0.2, 0.25) is 0 Å². The molecule has 0 aliphatic carbocycles. The van der Waals surface area contributed by atoms with Crippen LogP contribution < -0.4 is 5.32 Å². The third kappa shape index (κ3) is 2.15. The van der Waals surface area contributed by atoms with Crippen LogP contribution in [-0.2, 0) is 0 Å². The van der Waals surface area contributed by atoms with Crippen molar-refractivity contribution < 1.29 is 5.11 Å². The minimum absolute atomic E-state index is 0.243. The topological polar surface area (TPSA) is 48.0 Å². The van der Waals surface area contributed by atoms with Crippen molar-refractivity contribution in [3.8, 4) is 0 Å². The van der Waals surface area contributed by atoms with Crippen LogP contribution in [0.15, 0.2) is 24.4 Å². The Balaban J connectivity index is 2.24. The van der Waals surface area contributed by atoms with Crippen molar-refractivity contribution in [3.63, 3.8) is 0 Å². The van der Waals surface area contributed by atoms with Gasteiger partial charge in [-0.2, -0.15) is 0 Å². The van der Waals surface area contributed by atoms with Crippen molar-refractivity contribution >= 4 is 28.2 Å². The summed E-state index contributed by atoms with van der Waals surface area (Å²) in [5, 5.41) is 13.8. The number of nitrogens with one attached hydrogen (secondary N) is 2. The Kier molecular flexibility index (Phi) is 3.36. The van der Waals surface area contributed by atoms with Crippen LogP contribution in [0.25, 0.3) is 10.9 Å². The lowest BCUT2D eigenvalue weighted by atomic mass is 10.1. The number of rotatable bonds is 4. The molecule has 2 aromatic rings. The monoisotopic (exact) mass is 238 g/mol. The van der Waals surface area contributed by atoms with Crippen molar-refractivity contribution in [3.05, 3.63) is 30.0 Å². The summed E-state index contributed by atoms with van der Waals surface area (Å²) in [6, 6.07) is 6.06. The number of anilines is 1. The van der Waals surface area contributed by atoms with Gasteiger partial charge in [0, 0.05) is 18.1 Å². The fraction of sp³-hybridized carbons (Fsp3) is 0.333. The fourth-order valence-electron chi connectivity index (χ4n) is 1.72. The van der Waals surface area contributed by atoms with E-state index in [1.807, 2.05) is 18.3 Å². The molecule has 1 aromatic heterocycles. The maximum Gasteiger partial charge on any atom is 0.0847 e. The Morgan fingerprint density at radius 1 is 1.50 bits per heavy atom. The van der Waals surface area contributed by atoms with Gasteiger partial charge in [0.2, 0.25) is 0 Å². The average molecular weight is 239 g/mol. The molecule has 86 valence electrons. The molecule has 0 aliphatic heterocycles. The SMILES string of the molecule is Cc1c[nH]c2c(NCC(O)CCl)cccc12. The molecule has 1 unspecified atom stereocenters. The van der Waals surface area contributed by atoms with Crippen molar-refractivity contribution in [1.82, 2.24) is 4.98 Å². The summed E-state index contributed by atoms with van der Waals surface area (Å²) in [6.07, 6.45) is 1.46. The molecule has 1 heterocycles. The molecular formula is C12H15ClN2O. The molecule has 0 bridgehead atoms. The quantitative estimate of drug-likeness (QED) is 0.717. The molecule has 1 aromatic carbocycles. The molecule has 3 N–H and O–H groups in total. The first-order valence-electron chi connectivity index (χ1n) is 5.27. The number of aromatic nitrogens is 1. The largest absolute Gasteiger partial charge is 0.390 e. The van der Waals surface area contributed by atoms with Crippen LogP contribution in [0.1, 0.15) is 5.56 Å². The highest BCUT2D eigenvalue weighted by molar-refractivity contribution is 6.18. The van der Waals surface area contributed by atoms with E-state index >= 15 is 0 Å². The summed E-state index contributed by atoms with van der Waals surface area (Å²) in [7, 11) is 0. The lowest BCUT2D eigenvalue weighted by Gasteiger charge is -2.10. The number of fused-ring (bicyclic) bond motifs is 1. The van der Waals surface area contributed by atoms with Crippen molar-refractivity contribution in [2.45, 2.75) is 13.0 Å². The fourth-order valence-corrected chi connectivity index (χ4v) is 1.83. The standard InChI is InChI=1S/C12H15ClN2O/c1-8-6-15-12-10(8)3-2-4-11(12)14-7-9(16)5-13/h2-4,6,9,14-16H,5,7H2,1H3. The number of aromatic amines is 1. The predicted molar refractivity (Wildman–Crippen MR) is 68.3 cm³/mol. The molecule has 0 saturated heterocycles. The van der Waals surface area contributed by atoms with Gasteiger partial charge in [0.05, 0.1) is 23.2 Å². The molecule has 3 nitrogen and oxygen atoms in total. The van der Waals surface area contributed by atoms with E-state index in [2.05, 4.69) is 23.3 Å². The van der Waals surface area contributed by atoms with Crippen molar-refractivity contribution in [2.75, 3.05) is 17.7 Å². The zero-order valence-electron chi connectivity index (χ0n) is 9.13. The highest BCUT2D eigenvalue weighted by Gasteiger charge is 2.06. The predicted octanol–water partition coefficient (Wildman–Crippen LogP) is 2.49. The zero-order chi connectivity index (χ0) is 11.5. The molecule has 0 amide bonds. The van der Waals surface area contributed by atoms with Crippen LogP contribution in [0.4, 0.5) is 5.69 Å². The highest BCUT2D eigenvalue weighted by atomic mass is 35.5. The van der Waals surface area contributed by atoms with Gasteiger partial charge in [0.15, 0.2) is 0 Å². The van der Waals surface area contributed by atoms with Crippen LogP contribution in [0.3, 0.4) is 0 Å². The Morgan fingerprint density at radius 2 is 2.31 bits per heavy atom. The number of hydrogen-bond donors (Lipinski definition) is 3. The van der Waals surface area contributed by atoms with E-state index in [4.69, 9.17) is 11.6 Å². The van der Waals surface area contributed by atoms with E-state index in [0.29, 0.717) is 6.54 Å². The number of aliphatic hydroxyl groups excluding tert-OH is 1. The summed E-state index contributed by atoms with van der Waals surface area (Å²) in [5.41, 5.74) is 3.29. The summed E-state index contributed by atoms with van der Waals surface area (Å²) < 4.78 is 0. The summed E-state index contributed by atoms with van der Waals surface area (Å²) in [6.45, 7) is 2.52. The number of alkyl halides is 1. The summed E-state index contributed by atoms with van der Waals surface area (Å²) in [5.74, 6) is 0.243. The van der Waals surface area contributed by atoms with Gasteiger partial charge in [0.1, 0.15) is 0 Å². The number of aryl methyl sites for hydroxylation is 1. The maximum absolute atomic E-state index is 9.39. The molecule has 0 radical (unpaired) electrons. The Labute approximate surface area is 99.4 Å². The van der Waals surface area contributed by atoms with Gasteiger partial charge in [0.25, 0.3) is 0 Å². The van der Waals surface area contributed by atoms with E-state index < -0.39 is 6.10 Å². The number of halogens is 1. The molecular weight excluding hydrogens is 224 g/mol. The number of aliphatic hydroxyl groups is 1. The van der Waals surface area contributed by atoms with E-state index in [0.717, 1.165) is 11.2 Å². The second-order valence-corrected chi connectivity index (χ2v) is 4.20. The second kappa shape index (κ2) is 4.76. The molecule has 1 atom stereocenters. The number of para-hydroxylation sites is 1. The molecule has 2 rings (SSSR count). The van der Waals surface area contributed by atoms with Gasteiger partial charge in [-0.3, -0.25) is 0 Å². The first kappa shape index (κ1) is 11.3. The van der Waals surface area contributed by atoms with Gasteiger partial charge < -0.3 is 15.4 Å². The zero-order valence-corrected chi connectivity index (χ0v) is 9.88. The number of H-pyrrole nitrogens is 1. The molecule has 0 fully saturated rings. The number of hydrogen-bond acceptors (Lipinski definition) is 2. The maximum atomic E-state index is 9.39. The summed E-state index contributed by atoms with van der Waals surface area (Å²) in [4.78, 5) is 3.22. The average Bonchev–Trinajstić information content (AvgIpc) is 2.69. The first-order valence-corrected chi connectivity index (χ1v) is 5.80. The highest BCUT2D eigenvalue weighted by Crippen LogP contribution is 2.24. The lowest BCUT2D eigenvalue weighted by Crippen LogP contribution is -2.20. The van der Waals surface area contributed by atoms with Gasteiger partial charge in [-0.1, -0.05) is 12.1 Å². The first-order chi connectivity index (χ1) is 7.72. The van der Waals surface area contributed by atoms with E-state index in [-0.39, 0.29) is 5.88 Å². The van der Waals surface area contributed by atoms with Gasteiger partial charge >= 0.3 is 0 Å². The Hall–Kier alpha value is -1.19. The van der Waals surface area contributed by atoms with E-state index in [9.17, 15) is 5.11 Å². The third-order valence-corrected chi connectivity index (χ3v) is 2.98. The smallest absolute Gasteiger partial charge is 0.0847 e. The minimum Gasteiger partial charge on any atom is -0.390 e. The van der Waals surface area contributed by atoms with Crippen LogP contribution in [0, 0.1) is 6.92 Å². The molecule has 0 spiro atoms. The van der Waals surface area contributed by atoms with Crippen molar-refractivity contribution in [2.24, 2.45) is 0 Å². The van der Waals surface area contributed by atoms with Gasteiger partial charge in [-0.25, -0.2) is 0 Å². The van der Waals surface area contributed by atoms with Crippen LogP contribution in [0.5, 0.6) is 0 Å². The van der Waals surface area contributed by atoms with Gasteiger partial charge in [-0.15, -0.1) is 11.6 Å². The van der Waals surface area contributed by atoms with Crippen molar-refractivity contribution in [1.29, 1.82) is 0 Å². The normalized spacial score (nSPS) is 12.9. The van der Waals surface area contributed by atoms with Gasteiger partial charge in [-0.05, 0) is 18.6 Å². The third-order valence-electron chi connectivity index (χ3n) is 2.63. The molecule has 0 aliphatic rings.